The fraction of sp³-hybridized carbons (Fsp3) is 0.333. The standard InChI is InChI=1S/C21H27N3O3S/c1-21(2,16-8-6-5-7-9-16)19(25)23-24-20(28)22-13-12-15-10-11-17(26-3)18(14-15)27-4/h5-11,14H,12-13H2,1-4H3,(H,23,25)(H2,22,24,28). The zero-order valence-corrected chi connectivity index (χ0v) is 17.5. The van der Waals surface area contributed by atoms with Crippen LogP contribution in [-0.4, -0.2) is 31.8 Å². The zero-order chi connectivity index (χ0) is 20.6. The SMILES string of the molecule is COc1ccc(CCNC(=S)NNC(=O)C(C)(C)c2ccccc2)cc1OC. The minimum atomic E-state index is -0.677. The number of carbonyl (C=O) groups excluding carboxylic acids is 1. The quantitative estimate of drug-likeness (QED) is 0.490. The second kappa shape index (κ2) is 9.94. The van der Waals surface area contributed by atoms with Crippen molar-refractivity contribution < 1.29 is 14.3 Å². The number of nitrogens with one attached hydrogen (secondary N) is 3. The second-order valence-corrected chi connectivity index (χ2v) is 7.17. The molecule has 150 valence electrons. The molecule has 0 heterocycles. The smallest absolute Gasteiger partial charge is 0.248 e. The van der Waals surface area contributed by atoms with E-state index in [-0.39, 0.29) is 5.91 Å². The van der Waals surface area contributed by atoms with Crippen LogP contribution in [0.2, 0.25) is 0 Å². The monoisotopic (exact) mass is 401 g/mol. The Hall–Kier alpha value is -2.80. The van der Waals surface area contributed by atoms with Gasteiger partial charge in [0.1, 0.15) is 0 Å². The molecular formula is C21H27N3O3S. The molecule has 2 rings (SSSR count). The molecular weight excluding hydrogens is 374 g/mol. The number of ether oxygens (including phenoxy) is 2. The molecule has 2 aromatic carbocycles. The van der Waals surface area contributed by atoms with Crippen molar-refractivity contribution in [3.63, 3.8) is 0 Å². The number of rotatable bonds is 7. The van der Waals surface area contributed by atoms with Gasteiger partial charge >= 0.3 is 0 Å². The van der Waals surface area contributed by atoms with E-state index in [0.717, 1.165) is 17.5 Å². The van der Waals surface area contributed by atoms with Crippen LogP contribution in [0.4, 0.5) is 0 Å². The lowest BCUT2D eigenvalue weighted by molar-refractivity contribution is -0.126. The highest BCUT2D eigenvalue weighted by atomic mass is 32.1. The fourth-order valence-electron chi connectivity index (χ4n) is 2.66. The molecule has 3 N–H and O–H groups in total. The van der Waals surface area contributed by atoms with E-state index in [1.165, 1.54) is 0 Å². The average Bonchev–Trinajstić information content (AvgIpc) is 2.72. The molecule has 0 aliphatic rings. The molecule has 1 amide bonds. The summed E-state index contributed by atoms with van der Waals surface area (Å²) in [5.41, 5.74) is 6.78. The summed E-state index contributed by atoms with van der Waals surface area (Å²) in [4.78, 5) is 12.5. The van der Waals surface area contributed by atoms with Gasteiger partial charge in [0, 0.05) is 6.54 Å². The molecule has 0 fully saturated rings. The van der Waals surface area contributed by atoms with Crippen LogP contribution in [-0.2, 0) is 16.6 Å². The van der Waals surface area contributed by atoms with E-state index < -0.39 is 5.41 Å². The van der Waals surface area contributed by atoms with Gasteiger partial charge in [0.2, 0.25) is 5.91 Å². The van der Waals surface area contributed by atoms with Crippen LogP contribution in [0.25, 0.3) is 0 Å². The predicted molar refractivity (Wildman–Crippen MR) is 115 cm³/mol. The van der Waals surface area contributed by atoms with E-state index in [9.17, 15) is 4.79 Å². The highest BCUT2D eigenvalue weighted by Crippen LogP contribution is 2.27. The lowest BCUT2D eigenvalue weighted by atomic mass is 9.84. The molecule has 0 aliphatic carbocycles. The maximum Gasteiger partial charge on any atom is 0.248 e. The molecule has 2 aromatic rings. The van der Waals surface area contributed by atoms with E-state index in [1.807, 2.05) is 62.4 Å². The number of benzene rings is 2. The van der Waals surface area contributed by atoms with Crippen molar-refractivity contribution >= 4 is 23.2 Å². The Balaban J connectivity index is 1.79. The summed E-state index contributed by atoms with van der Waals surface area (Å²) in [6.07, 6.45) is 0.742. The Morgan fingerprint density at radius 2 is 1.68 bits per heavy atom. The first-order valence-electron chi connectivity index (χ1n) is 8.99. The Morgan fingerprint density at radius 1 is 1.00 bits per heavy atom. The van der Waals surface area contributed by atoms with Crippen LogP contribution in [0.15, 0.2) is 48.5 Å². The Kier molecular flexibility index (Phi) is 7.63. The average molecular weight is 402 g/mol. The number of hydrazine groups is 1. The van der Waals surface area contributed by atoms with Crippen LogP contribution in [0.1, 0.15) is 25.0 Å². The van der Waals surface area contributed by atoms with Crippen molar-refractivity contribution in [1.82, 2.24) is 16.2 Å². The summed E-state index contributed by atoms with van der Waals surface area (Å²) in [5.74, 6) is 1.22. The van der Waals surface area contributed by atoms with Gasteiger partial charge in [-0.25, -0.2) is 0 Å². The van der Waals surface area contributed by atoms with Gasteiger partial charge in [-0.2, -0.15) is 0 Å². The number of carbonyl (C=O) groups is 1. The fourth-order valence-corrected chi connectivity index (χ4v) is 2.81. The first-order valence-corrected chi connectivity index (χ1v) is 9.40. The summed E-state index contributed by atoms with van der Waals surface area (Å²) >= 11 is 5.23. The molecule has 0 aliphatic heterocycles. The summed E-state index contributed by atoms with van der Waals surface area (Å²) in [6.45, 7) is 4.35. The van der Waals surface area contributed by atoms with Crippen molar-refractivity contribution in [3.05, 3.63) is 59.7 Å². The number of thiocarbonyl (C=S) groups is 1. The van der Waals surface area contributed by atoms with Crippen molar-refractivity contribution in [2.45, 2.75) is 25.7 Å². The lowest BCUT2D eigenvalue weighted by Gasteiger charge is -2.24. The highest BCUT2D eigenvalue weighted by molar-refractivity contribution is 7.80. The van der Waals surface area contributed by atoms with E-state index in [4.69, 9.17) is 21.7 Å². The van der Waals surface area contributed by atoms with Gasteiger partial charge in [0.05, 0.1) is 19.6 Å². The summed E-state index contributed by atoms with van der Waals surface area (Å²) in [5, 5.41) is 3.44. The zero-order valence-electron chi connectivity index (χ0n) is 16.7. The van der Waals surface area contributed by atoms with E-state index >= 15 is 0 Å². The highest BCUT2D eigenvalue weighted by Gasteiger charge is 2.29. The van der Waals surface area contributed by atoms with Crippen LogP contribution < -0.4 is 25.6 Å². The van der Waals surface area contributed by atoms with Gasteiger partial charge in [-0.1, -0.05) is 36.4 Å². The first-order chi connectivity index (χ1) is 13.4. The minimum absolute atomic E-state index is 0.164. The van der Waals surface area contributed by atoms with E-state index in [1.54, 1.807) is 14.2 Å². The normalized spacial score (nSPS) is 10.7. The van der Waals surface area contributed by atoms with Gasteiger partial charge in [-0.15, -0.1) is 0 Å². The van der Waals surface area contributed by atoms with E-state index in [2.05, 4.69) is 16.2 Å². The molecule has 0 aromatic heterocycles. The molecule has 0 radical (unpaired) electrons. The van der Waals surface area contributed by atoms with Crippen LogP contribution in [0.5, 0.6) is 11.5 Å². The molecule has 0 saturated heterocycles. The molecule has 28 heavy (non-hydrogen) atoms. The number of hydrogen-bond donors (Lipinski definition) is 3. The molecule has 0 bridgehead atoms. The Bertz CT molecular complexity index is 810. The molecule has 6 nitrogen and oxygen atoms in total. The molecule has 0 spiro atoms. The van der Waals surface area contributed by atoms with Gasteiger partial charge in [-0.3, -0.25) is 15.6 Å². The van der Waals surface area contributed by atoms with Crippen LogP contribution in [0, 0.1) is 0 Å². The minimum Gasteiger partial charge on any atom is -0.493 e. The largest absolute Gasteiger partial charge is 0.493 e. The summed E-state index contributed by atoms with van der Waals surface area (Å²) in [7, 11) is 3.22. The van der Waals surface area contributed by atoms with Crippen LogP contribution >= 0.6 is 12.2 Å². The number of hydrogen-bond acceptors (Lipinski definition) is 4. The Morgan fingerprint density at radius 3 is 2.32 bits per heavy atom. The van der Waals surface area contributed by atoms with Crippen molar-refractivity contribution in [3.8, 4) is 11.5 Å². The lowest BCUT2D eigenvalue weighted by Crippen LogP contribution is -2.52. The van der Waals surface area contributed by atoms with Gasteiger partial charge < -0.3 is 14.8 Å². The summed E-state index contributed by atoms with van der Waals surface area (Å²) < 4.78 is 10.5. The number of amides is 1. The van der Waals surface area contributed by atoms with Gasteiger partial charge in [0.15, 0.2) is 16.6 Å². The van der Waals surface area contributed by atoms with Crippen LogP contribution in [0.3, 0.4) is 0 Å². The van der Waals surface area contributed by atoms with Gasteiger partial charge in [0.25, 0.3) is 0 Å². The van der Waals surface area contributed by atoms with Crippen molar-refractivity contribution in [2.24, 2.45) is 0 Å². The Labute approximate surface area is 171 Å². The predicted octanol–water partition coefficient (Wildman–Crippen LogP) is 2.72. The third-order valence-electron chi connectivity index (χ3n) is 4.50. The maximum atomic E-state index is 12.5. The second-order valence-electron chi connectivity index (χ2n) is 6.77. The summed E-state index contributed by atoms with van der Waals surface area (Å²) in [6, 6.07) is 15.4. The topological polar surface area (TPSA) is 71.6 Å². The first kappa shape index (κ1) is 21.5. The maximum absolute atomic E-state index is 12.5. The molecule has 7 heteroatoms. The molecule has 0 saturated carbocycles. The molecule has 0 atom stereocenters. The third-order valence-corrected chi connectivity index (χ3v) is 4.75. The van der Waals surface area contributed by atoms with E-state index in [0.29, 0.717) is 23.2 Å². The van der Waals surface area contributed by atoms with Gasteiger partial charge in [-0.05, 0) is 55.7 Å². The molecule has 0 unspecified atom stereocenters. The third kappa shape index (κ3) is 5.60. The van der Waals surface area contributed by atoms with Crippen molar-refractivity contribution in [1.29, 1.82) is 0 Å². The van der Waals surface area contributed by atoms with Crippen molar-refractivity contribution in [2.75, 3.05) is 20.8 Å². The number of methoxy groups -OCH3 is 2.